The molecule has 17 heavy (non-hydrogen) atoms. The number of aromatic nitrogens is 2. The van der Waals surface area contributed by atoms with Crippen molar-refractivity contribution in [1.82, 2.24) is 9.38 Å². The first-order chi connectivity index (χ1) is 8.15. The van der Waals surface area contributed by atoms with Crippen LogP contribution in [0.5, 0.6) is 0 Å². The molecule has 3 nitrogen and oxygen atoms in total. The molecule has 0 unspecified atom stereocenters. The fraction of sp³-hybridized carbons (Fsp3) is 0.0769. The van der Waals surface area contributed by atoms with Crippen LogP contribution in [0.2, 0.25) is 0 Å². The highest BCUT2D eigenvalue weighted by atomic mass is 19.1. The van der Waals surface area contributed by atoms with E-state index < -0.39 is 0 Å². The number of fused-ring (bicyclic) bond motifs is 3. The predicted molar refractivity (Wildman–Crippen MR) is 62.7 cm³/mol. The molecule has 2 aromatic heterocycles. The minimum Gasteiger partial charge on any atom is -0.306 e. The molecule has 0 saturated carbocycles. The normalized spacial score (nSPS) is 11.2. The smallest absolute Gasteiger partial charge is 0.179 e. The van der Waals surface area contributed by atoms with Crippen molar-refractivity contribution >= 4 is 22.2 Å². The topological polar surface area (TPSA) is 34.4 Å². The second-order valence-corrected chi connectivity index (χ2v) is 3.96. The standard InChI is InChI=1S/C13H9FN2O/c1-8(17)12-7-16-5-4-9-2-3-10(14)6-11(9)13(16)15-12/h2-7H,1H3. The van der Waals surface area contributed by atoms with Gasteiger partial charge in [-0.3, -0.25) is 4.79 Å². The Balaban J connectivity index is 2.45. The van der Waals surface area contributed by atoms with Gasteiger partial charge in [0.1, 0.15) is 17.2 Å². The summed E-state index contributed by atoms with van der Waals surface area (Å²) in [5.74, 6) is -0.406. The zero-order valence-electron chi connectivity index (χ0n) is 9.14. The number of hydrogen-bond donors (Lipinski definition) is 0. The van der Waals surface area contributed by atoms with Crippen molar-refractivity contribution in [2.45, 2.75) is 6.92 Å². The molecule has 4 heteroatoms. The number of halogens is 1. The van der Waals surface area contributed by atoms with Crippen molar-refractivity contribution in [2.24, 2.45) is 0 Å². The molecule has 84 valence electrons. The lowest BCUT2D eigenvalue weighted by Gasteiger charge is -1.99. The molecule has 0 atom stereocenters. The molecule has 0 amide bonds. The molecule has 0 radical (unpaired) electrons. The van der Waals surface area contributed by atoms with Crippen LogP contribution in [0.3, 0.4) is 0 Å². The lowest BCUT2D eigenvalue weighted by Crippen LogP contribution is -1.90. The summed E-state index contributed by atoms with van der Waals surface area (Å²) < 4.78 is 15.0. The maximum atomic E-state index is 13.2. The van der Waals surface area contributed by atoms with Crippen LogP contribution >= 0.6 is 0 Å². The van der Waals surface area contributed by atoms with Crippen LogP contribution in [0.1, 0.15) is 17.4 Å². The summed E-state index contributed by atoms with van der Waals surface area (Å²) in [6.07, 6.45) is 3.47. The van der Waals surface area contributed by atoms with E-state index in [-0.39, 0.29) is 11.6 Å². The average Bonchev–Trinajstić information content (AvgIpc) is 2.73. The van der Waals surface area contributed by atoms with Gasteiger partial charge >= 0.3 is 0 Å². The Morgan fingerprint density at radius 2 is 2.18 bits per heavy atom. The largest absolute Gasteiger partial charge is 0.306 e. The summed E-state index contributed by atoms with van der Waals surface area (Å²) in [5.41, 5.74) is 0.994. The summed E-state index contributed by atoms with van der Waals surface area (Å²) in [6.45, 7) is 1.46. The van der Waals surface area contributed by atoms with Crippen LogP contribution in [0, 0.1) is 5.82 Å². The van der Waals surface area contributed by atoms with Crippen LogP contribution in [-0.2, 0) is 0 Å². The number of hydrogen-bond acceptors (Lipinski definition) is 2. The molecule has 0 spiro atoms. The minimum absolute atomic E-state index is 0.0988. The van der Waals surface area contributed by atoms with Crippen LogP contribution in [0.15, 0.2) is 36.7 Å². The van der Waals surface area contributed by atoms with Gasteiger partial charge in [-0.25, -0.2) is 9.37 Å². The second-order valence-electron chi connectivity index (χ2n) is 3.96. The zero-order chi connectivity index (χ0) is 12.0. The van der Waals surface area contributed by atoms with Gasteiger partial charge in [-0.05, 0) is 23.6 Å². The lowest BCUT2D eigenvalue weighted by atomic mass is 10.1. The van der Waals surface area contributed by atoms with E-state index in [1.807, 2.05) is 12.3 Å². The molecule has 0 bridgehead atoms. The van der Waals surface area contributed by atoms with Crippen molar-refractivity contribution in [1.29, 1.82) is 0 Å². The van der Waals surface area contributed by atoms with Crippen LogP contribution < -0.4 is 0 Å². The Hall–Kier alpha value is -2.23. The first-order valence-corrected chi connectivity index (χ1v) is 5.23. The number of carbonyl (C=O) groups is 1. The van der Waals surface area contributed by atoms with Gasteiger partial charge in [0.25, 0.3) is 0 Å². The third-order valence-electron chi connectivity index (χ3n) is 2.76. The van der Waals surface area contributed by atoms with Crippen molar-refractivity contribution in [3.8, 4) is 0 Å². The number of rotatable bonds is 1. The summed E-state index contributed by atoms with van der Waals surface area (Å²) in [7, 11) is 0. The predicted octanol–water partition coefficient (Wildman–Crippen LogP) is 2.83. The van der Waals surface area contributed by atoms with Gasteiger partial charge in [-0.1, -0.05) is 6.07 Å². The van der Waals surface area contributed by atoms with E-state index in [1.54, 1.807) is 16.7 Å². The molecular weight excluding hydrogens is 219 g/mol. The van der Waals surface area contributed by atoms with E-state index in [2.05, 4.69) is 4.98 Å². The number of Topliss-reactive ketones (excluding diaryl/α,β-unsaturated/α-hetero) is 1. The molecule has 2 heterocycles. The van der Waals surface area contributed by atoms with E-state index in [9.17, 15) is 9.18 Å². The highest BCUT2D eigenvalue weighted by Crippen LogP contribution is 2.20. The SMILES string of the molecule is CC(=O)c1cn2ccc3ccc(F)cc3c2n1. The Morgan fingerprint density at radius 3 is 2.94 bits per heavy atom. The monoisotopic (exact) mass is 228 g/mol. The maximum absolute atomic E-state index is 13.2. The molecule has 0 saturated heterocycles. The molecule has 0 aliphatic heterocycles. The Bertz CT molecular complexity index is 746. The molecular formula is C13H9FN2O. The third kappa shape index (κ3) is 1.49. The van der Waals surface area contributed by atoms with E-state index in [4.69, 9.17) is 0 Å². The van der Waals surface area contributed by atoms with Gasteiger partial charge in [0.15, 0.2) is 5.78 Å². The minimum atomic E-state index is -0.307. The number of carbonyl (C=O) groups excluding carboxylic acids is 1. The van der Waals surface area contributed by atoms with Crippen molar-refractivity contribution < 1.29 is 9.18 Å². The summed E-state index contributed by atoms with van der Waals surface area (Å²) in [6, 6.07) is 6.41. The highest BCUT2D eigenvalue weighted by molar-refractivity contribution is 5.97. The molecule has 0 aliphatic rings. The van der Waals surface area contributed by atoms with Gasteiger partial charge in [-0.2, -0.15) is 0 Å². The number of nitrogens with zero attached hydrogens (tertiary/aromatic N) is 2. The fourth-order valence-electron chi connectivity index (χ4n) is 1.90. The maximum Gasteiger partial charge on any atom is 0.179 e. The van der Waals surface area contributed by atoms with Gasteiger partial charge in [0, 0.05) is 24.7 Å². The number of pyridine rings is 1. The summed E-state index contributed by atoms with van der Waals surface area (Å²) >= 11 is 0. The molecule has 0 aliphatic carbocycles. The van der Waals surface area contributed by atoms with Crippen molar-refractivity contribution in [2.75, 3.05) is 0 Å². The molecule has 1 aromatic carbocycles. The molecule has 3 aromatic rings. The summed E-state index contributed by atoms with van der Waals surface area (Å²) in [5, 5.41) is 1.61. The summed E-state index contributed by atoms with van der Waals surface area (Å²) in [4.78, 5) is 15.5. The average molecular weight is 228 g/mol. The lowest BCUT2D eigenvalue weighted by molar-refractivity contribution is 0.101. The van der Waals surface area contributed by atoms with Crippen LogP contribution in [0.25, 0.3) is 16.4 Å². The molecule has 3 rings (SSSR count). The number of ketones is 1. The molecule has 0 N–H and O–H groups in total. The number of benzene rings is 1. The van der Waals surface area contributed by atoms with E-state index in [0.717, 1.165) is 5.39 Å². The fourth-order valence-corrected chi connectivity index (χ4v) is 1.90. The highest BCUT2D eigenvalue weighted by Gasteiger charge is 2.09. The Labute approximate surface area is 96.5 Å². The first-order valence-electron chi connectivity index (χ1n) is 5.23. The zero-order valence-corrected chi connectivity index (χ0v) is 9.14. The van der Waals surface area contributed by atoms with E-state index in [1.165, 1.54) is 19.1 Å². The van der Waals surface area contributed by atoms with E-state index >= 15 is 0 Å². The quantitative estimate of drug-likeness (QED) is 0.600. The molecule has 0 fully saturated rings. The van der Waals surface area contributed by atoms with Crippen molar-refractivity contribution in [3.05, 3.63) is 48.2 Å². The van der Waals surface area contributed by atoms with Gasteiger partial charge in [0.2, 0.25) is 0 Å². The van der Waals surface area contributed by atoms with Gasteiger partial charge in [-0.15, -0.1) is 0 Å². The third-order valence-corrected chi connectivity index (χ3v) is 2.76. The van der Waals surface area contributed by atoms with E-state index in [0.29, 0.717) is 16.7 Å². The first kappa shape index (κ1) is 9.96. The van der Waals surface area contributed by atoms with Crippen LogP contribution in [-0.4, -0.2) is 15.2 Å². The Morgan fingerprint density at radius 1 is 1.35 bits per heavy atom. The Kier molecular flexibility index (Phi) is 1.98. The van der Waals surface area contributed by atoms with Crippen LogP contribution in [0.4, 0.5) is 4.39 Å². The second kappa shape index (κ2) is 3.38. The van der Waals surface area contributed by atoms with Gasteiger partial charge in [0.05, 0.1) is 0 Å². The number of imidazole rings is 1. The van der Waals surface area contributed by atoms with Crippen molar-refractivity contribution in [3.63, 3.8) is 0 Å². The van der Waals surface area contributed by atoms with Gasteiger partial charge < -0.3 is 4.40 Å².